The van der Waals surface area contributed by atoms with Gasteiger partial charge < -0.3 is 9.47 Å². The van der Waals surface area contributed by atoms with E-state index in [0.717, 1.165) is 11.4 Å². The first-order valence-electron chi connectivity index (χ1n) is 4.93. The third-order valence-corrected chi connectivity index (χ3v) is 2.22. The number of carbonyl (C=O) groups excluding carboxylic acids is 1. The fourth-order valence-corrected chi connectivity index (χ4v) is 1.32. The molecule has 1 aliphatic rings. The lowest BCUT2D eigenvalue weighted by molar-refractivity contribution is -0.132. The van der Waals surface area contributed by atoms with Gasteiger partial charge in [-0.15, -0.1) is 0 Å². The Balaban J connectivity index is 2.01. The van der Waals surface area contributed by atoms with Crippen LogP contribution < -0.4 is 10.2 Å². The van der Waals surface area contributed by atoms with E-state index in [1.54, 1.807) is 7.11 Å². The average molecular weight is 220 g/mol. The summed E-state index contributed by atoms with van der Waals surface area (Å²) < 4.78 is 9.79. The Bertz CT molecular complexity index is 412. The van der Waals surface area contributed by atoms with Crippen molar-refractivity contribution in [1.82, 2.24) is 0 Å². The molecule has 0 atom stereocenters. The van der Waals surface area contributed by atoms with E-state index in [2.05, 4.69) is 10.5 Å². The number of carbonyl (C=O) groups is 1. The van der Waals surface area contributed by atoms with Gasteiger partial charge in [0.25, 0.3) is 0 Å². The summed E-state index contributed by atoms with van der Waals surface area (Å²) in [6.45, 7) is 0.419. The summed E-state index contributed by atoms with van der Waals surface area (Å²) in [5.74, 6) is 0.430. The van der Waals surface area contributed by atoms with Crippen molar-refractivity contribution in [3.63, 3.8) is 0 Å². The first-order chi connectivity index (χ1) is 7.79. The van der Waals surface area contributed by atoms with Gasteiger partial charge in [-0.25, -0.2) is 4.79 Å². The van der Waals surface area contributed by atoms with Crippen LogP contribution in [0.15, 0.2) is 29.4 Å². The lowest BCUT2D eigenvalue weighted by atomic mass is 10.3. The Morgan fingerprint density at radius 1 is 1.38 bits per heavy atom. The zero-order chi connectivity index (χ0) is 11.4. The Hall–Kier alpha value is -2.04. The Labute approximate surface area is 93.1 Å². The van der Waals surface area contributed by atoms with E-state index in [1.165, 1.54) is 0 Å². The number of benzene rings is 1. The van der Waals surface area contributed by atoms with Crippen LogP contribution in [-0.4, -0.2) is 25.4 Å². The molecule has 0 aliphatic carbocycles. The molecular weight excluding hydrogens is 208 g/mol. The van der Waals surface area contributed by atoms with Crippen LogP contribution in [0.2, 0.25) is 0 Å². The normalized spacial score (nSPS) is 17.3. The molecule has 16 heavy (non-hydrogen) atoms. The molecule has 1 aromatic rings. The van der Waals surface area contributed by atoms with E-state index in [1.807, 2.05) is 24.3 Å². The van der Waals surface area contributed by atoms with Gasteiger partial charge in [0.2, 0.25) is 0 Å². The number of hydrazone groups is 1. The molecule has 0 aromatic heterocycles. The van der Waals surface area contributed by atoms with Gasteiger partial charge in [0.05, 0.1) is 19.4 Å². The number of hydrogen-bond acceptors (Lipinski definition) is 5. The molecule has 1 fully saturated rings. The van der Waals surface area contributed by atoms with Crippen LogP contribution in [-0.2, 0) is 9.53 Å². The number of hydrogen-bond donors (Lipinski definition) is 1. The SMILES string of the molecule is COc1ccc(NN=C2CCOC2=O)cc1. The monoisotopic (exact) mass is 220 g/mol. The van der Waals surface area contributed by atoms with E-state index in [-0.39, 0.29) is 5.97 Å². The van der Waals surface area contributed by atoms with Gasteiger partial charge in [0, 0.05) is 6.42 Å². The highest BCUT2D eigenvalue weighted by atomic mass is 16.5. The first kappa shape index (κ1) is 10.5. The Morgan fingerprint density at radius 3 is 2.69 bits per heavy atom. The minimum atomic E-state index is -0.346. The van der Waals surface area contributed by atoms with Crippen molar-refractivity contribution in [3.05, 3.63) is 24.3 Å². The molecule has 84 valence electrons. The van der Waals surface area contributed by atoms with E-state index >= 15 is 0 Å². The molecule has 0 radical (unpaired) electrons. The third kappa shape index (κ3) is 2.31. The molecule has 1 saturated heterocycles. The second kappa shape index (κ2) is 4.65. The summed E-state index contributed by atoms with van der Waals surface area (Å²) in [7, 11) is 1.61. The van der Waals surface area contributed by atoms with Gasteiger partial charge >= 0.3 is 5.97 Å². The zero-order valence-electron chi connectivity index (χ0n) is 8.90. The van der Waals surface area contributed by atoms with Gasteiger partial charge in [-0.2, -0.15) is 5.10 Å². The van der Waals surface area contributed by atoms with Crippen LogP contribution in [0.1, 0.15) is 6.42 Å². The van der Waals surface area contributed by atoms with Crippen molar-refractivity contribution < 1.29 is 14.3 Å². The number of cyclic esters (lactones) is 1. The number of esters is 1. The predicted molar refractivity (Wildman–Crippen MR) is 59.6 cm³/mol. The summed E-state index contributed by atoms with van der Waals surface area (Å²) in [5, 5.41) is 3.98. The maximum Gasteiger partial charge on any atom is 0.354 e. The molecule has 0 amide bonds. The Kier molecular flexibility index (Phi) is 3.05. The average Bonchev–Trinajstić information content (AvgIpc) is 2.73. The summed E-state index contributed by atoms with van der Waals surface area (Å²) in [4.78, 5) is 11.1. The lowest BCUT2D eigenvalue weighted by Crippen LogP contribution is -2.08. The smallest absolute Gasteiger partial charge is 0.354 e. The zero-order valence-corrected chi connectivity index (χ0v) is 8.90. The predicted octanol–water partition coefficient (Wildman–Crippen LogP) is 1.41. The lowest BCUT2D eigenvalue weighted by Gasteiger charge is -2.02. The molecule has 1 aromatic carbocycles. The van der Waals surface area contributed by atoms with Gasteiger partial charge in [0.15, 0.2) is 0 Å². The van der Waals surface area contributed by atoms with Gasteiger partial charge in [-0.05, 0) is 24.3 Å². The van der Waals surface area contributed by atoms with Crippen molar-refractivity contribution >= 4 is 17.4 Å². The van der Waals surface area contributed by atoms with Gasteiger partial charge in [0.1, 0.15) is 11.5 Å². The molecule has 5 nitrogen and oxygen atoms in total. The van der Waals surface area contributed by atoms with Crippen molar-refractivity contribution in [2.24, 2.45) is 5.10 Å². The second-order valence-electron chi connectivity index (χ2n) is 3.28. The number of anilines is 1. The highest BCUT2D eigenvalue weighted by Gasteiger charge is 2.20. The topological polar surface area (TPSA) is 59.9 Å². The van der Waals surface area contributed by atoms with E-state index in [9.17, 15) is 4.79 Å². The largest absolute Gasteiger partial charge is 0.497 e. The summed E-state index contributed by atoms with van der Waals surface area (Å²) >= 11 is 0. The van der Waals surface area contributed by atoms with Crippen LogP contribution in [0.25, 0.3) is 0 Å². The third-order valence-electron chi connectivity index (χ3n) is 2.22. The summed E-state index contributed by atoms with van der Waals surface area (Å²) in [6.07, 6.45) is 0.558. The number of ether oxygens (including phenoxy) is 2. The molecule has 0 saturated carbocycles. The Morgan fingerprint density at radius 2 is 2.12 bits per heavy atom. The van der Waals surface area contributed by atoms with Crippen molar-refractivity contribution in [1.29, 1.82) is 0 Å². The standard InChI is InChI=1S/C11H12N2O3/c1-15-9-4-2-8(3-5-9)12-13-10-6-7-16-11(10)14/h2-5,12H,6-7H2,1H3. The molecule has 1 aliphatic heterocycles. The molecule has 0 spiro atoms. The van der Waals surface area contributed by atoms with E-state index in [0.29, 0.717) is 18.7 Å². The fourth-order valence-electron chi connectivity index (χ4n) is 1.32. The van der Waals surface area contributed by atoms with Crippen molar-refractivity contribution in [3.8, 4) is 5.75 Å². The molecule has 5 heteroatoms. The number of nitrogens with zero attached hydrogens (tertiary/aromatic N) is 1. The highest BCUT2D eigenvalue weighted by molar-refractivity contribution is 6.38. The van der Waals surface area contributed by atoms with Gasteiger partial charge in [-0.1, -0.05) is 0 Å². The summed E-state index contributed by atoms with van der Waals surface area (Å²) in [6, 6.07) is 7.28. The van der Waals surface area contributed by atoms with Crippen molar-refractivity contribution in [2.45, 2.75) is 6.42 Å². The molecule has 1 N–H and O–H groups in total. The second-order valence-corrected chi connectivity index (χ2v) is 3.28. The van der Waals surface area contributed by atoms with E-state index in [4.69, 9.17) is 9.47 Å². The van der Waals surface area contributed by atoms with Crippen molar-refractivity contribution in [2.75, 3.05) is 19.1 Å². The van der Waals surface area contributed by atoms with Crippen LogP contribution >= 0.6 is 0 Å². The minimum Gasteiger partial charge on any atom is -0.497 e. The number of rotatable bonds is 3. The van der Waals surface area contributed by atoms with Gasteiger partial charge in [-0.3, -0.25) is 5.43 Å². The number of nitrogens with one attached hydrogen (secondary N) is 1. The van der Waals surface area contributed by atoms with Crippen LogP contribution in [0.4, 0.5) is 5.69 Å². The summed E-state index contributed by atoms with van der Waals surface area (Å²) in [5.41, 5.74) is 4.03. The maximum absolute atomic E-state index is 11.1. The van der Waals surface area contributed by atoms with Crippen LogP contribution in [0.5, 0.6) is 5.75 Å². The molecular formula is C11H12N2O3. The van der Waals surface area contributed by atoms with E-state index < -0.39 is 0 Å². The molecule has 1 heterocycles. The quantitative estimate of drug-likeness (QED) is 0.618. The fraction of sp³-hybridized carbons (Fsp3) is 0.273. The minimum absolute atomic E-state index is 0.346. The molecule has 2 rings (SSSR count). The van der Waals surface area contributed by atoms with Crippen LogP contribution in [0.3, 0.4) is 0 Å². The molecule has 0 unspecified atom stereocenters. The maximum atomic E-state index is 11.1. The first-order valence-corrected chi connectivity index (χ1v) is 4.93. The molecule has 0 bridgehead atoms. The number of methoxy groups -OCH3 is 1. The highest BCUT2D eigenvalue weighted by Crippen LogP contribution is 2.15. The van der Waals surface area contributed by atoms with Crippen LogP contribution in [0, 0.1) is 0 Å².